The first kappa shape index (κ1) is 9.21. The van der Waals surface area contributed by atoms with E-state index in [9.17, 15) is 0 Å². The molecule has 2 heterocycles. The molecule has 0 unspecified atom stereocenters. The van der Waals surface area contributed by atoms with Gasteiger partial charge in [-0.3, -0.25) is 4.68 Å². The molecule has 2 aromatic rings. The number of nitrogens with zero attached hydrogens (tertiary/aromatic N) is 3. The number of nitrogens with two attached hydrogens (primary N) is 1. The second-order valence-electron chi connectivity index (χ2n) is 3.18. The third-order valence-corrected chi connectivity index (χ3v) is 2.99. The summed E-state index contributed by atoms with van der Waals surface area (Å²) in [5.41, 5.74) is 7.97. The maximum absolute atomic E-state index is 5.90. The summed E-state index contributed by atoms with van der Waals surface area (Å²) in [6, 6.07) is 0. The lowest BCUT2D eigenvalue weighted by molar-refractivity contribution is 0.767. The molecule has 14 heavy (non-hydrogen) atoms. The zero-order valence-electron chi connectivity index (χ0n) is 8.19. The van der Waals surface area contributed by atoms with Crippen LogP contribution in [0, 0.1) is 6.92 Å². The SMILES string of the molecule is Cc1nn(C)c(N)c1Cc1nccs1. The first-order valence-corrected chi connectivity index (χ1v) is 5.22. The third-order valence-electron chi connectivity index (χ3n) is 2.21. The van der Waals surface area contributed by atoms with E-state index in [4.69, 9.17) is 5.73 Å². The summed E-state index contributed by atoms with van der Waals surface area (Å²) in [4.78, 5) is 4.23. The zero-order valence-corrected chi connectivity index (χ0v) is 9.01. The van der Waals surface area contributed by atoms with Gasteiger partial charge in [-0.05, 0) is 6.92 Å². The van der Waals surface area contributed by atoms with Crippen LogP contribution in [0.2, 0.25) is 0 Å². The number of rotatable bonds is 2. The van der Waals surface area contributed by atoms with Gasteiger partial charge in [0.1, 0.15) is 5.82 Å². The maximum atomic E-state index is 5.90. The minimum atomic E-state index is 0.734. The fraction of sp³-hybridized carbons (Fsp3) is 0.333. The summed E-state index contributed by atoms with van der Waals surface area (Å²) in [7, 11) is 1.85. The monoisotopic (exact) mass is 208 g/mol. The van der Waals surface area contributed by atoms with Gasteiger partial charge in [-0.15, -0.1) is 11.3 Å². The molecule has 0 fully saturated rings. The van der Waals surface area contributed by atoms with Crippen molar-refractivity contribution in [3.05, 3.63) is 27.8 Å². The molecule has 0 saturated heterocycles. The second-order valence-corrected chi connectivity index (χ2v) is 4.15. The van der Waals surface area contributed by atoms with Crippen LogP contribution in [0.1, 0.15) is 16.3 Å². The largest absolute Gasteiger partial charge is 0.384 e. The fourth-order valence-electron chi connectivity index (χ4n) is 1.43. The average molecular weight is 208 g/mol. The molecule has 0 aliphatic carbocycles. The van der Waals surface area contributed by atoms with Crippen LogP contribution in [0.5, 0.6) is 0 Å². The van der Waals surface area contributed by atoms with Crippen LogP contribution in [0.25, 0.3) is 0 Å². The summed E-state index contributed by atoms with van der Waals surface area (Å²) in [6.45, 7) is 1.97. The number of anilines is 1. The van der Waals surface area contributed by atoms with Crippen molar-refractivity contribution in [2.45, 2.75) is 13.3 Å². The number of aryl methyl sites for hydroxylation is 2. The molecule has 0 aliphatic rings. The Morgan fingerprint density at radius 3 is 2.86 bits per heavy atom. The van der Waals surface area contributed by atoms with Crippen LogP contribution in [0.15, 0.2) is 11.6 Å². The molecule has 4 nitrogen and oxygen atoms in total. The van der Waals surface area contributed by atoms with E-state index >= 15 is 0 Å². The Morgan fingerprint density at radius 2 is 2.36 bits per heavy atom. The molecule has 2 rings (SSSR count). The first-order chi connectivity index (χ1) is 6.68. The van der Waals surface area contributed by atoms with E-state index in [1.165, 1.54) is 0 Å². The number of nitrogen functional groups attached to an aromatic ring is 1. The van der Waals surface area contributed by atoms with Crippen molar-refractivity contribution >= 4 is 17.2 Å². The molecule has 0 saturated carbocycles. The van der Waals surface area contributed by atoms with E-state index in [-0.39, 0.29) is 0 Å². The molecule has 0 atom stereocenters. The standard InChI is InChI=1S/C9H12N4S/c1-6-7(9(10)13(2)12-6)5-8-11-3-4-14-8/h3-4H,5,10H2,1-2H3. The van der Waals surface area contributed by atoms with E-state index in [1.807, 2.05) is 25.5 Å². The van der Waals surface area contributed by atoms with Crippen LogP contribution in [0.4, 0.5) is 5.82 Å². The number of aromatic nitrogens is 3. The highest BCUT2D eigenvalue weighted by Gasteiger charge is 2.11. The highest BCUT2D eigenvalue weighted by Crippen LogP contribution is 2.20. The summed E-state index contributed by atoms with van der Waals surface area (Å²) >= 11 is 1.64. The predicted octanol–water partition coefficient (Wildman–Crippen LogP) is 1.36. The van der Waals surface area contributed by atoms with E-state index in [0.717, 1.165) is 28.5 Å². The van der Waals surface area contributed by atoms with Crippen LogP contribution in [-0.2, 0) is 13.5 Å². The average Bonchev–Trinajstić information content (AvgIpc) is 2.71. The molecule has 0 aliphatic heterocycles. The lowest BCUT2D eigenvalue weighted by Crippen LogP contribution is -1.99. The van der Waals surface area contributed by atoms with Crippen LogP contribution >= 0.6 is 11.3 Å². The van der Waals surface area contributed by atoms with Crippen molar-refractivity contribution in [1.29, 1.82) is 0 Å². The fourth-order valence-corrected chi connectivity index (χ4v) is 2.06. The molecule has 0 radical (unpaired) electrons. The van der Waals surface area contributed by atoms with Gasteiger partial charge in [0, 0.05) is 30.6 Å². The number of thiazole rings is 1. The second kappa shape index (κ2) is 3.42. The molecular weight excluding hydrogens is 196 g/mol. The summed E-state index contributed by atoms with van der Waals surface area (Å²) < 4.78 is 1.71. The maximum Gasteiger partial charge on any atom is 0.125 e. The Kier molecular flexibility index (Phi) is 2.25. The van der Waals surface area contributed by atoms with E-state index in [1.54, 1.807) is 16.0 Å². The zero-order chi connectivity index (χ0) is 10.1. The van der Waals surface area contributed by atoms with Crippen molar-refractivity contribution in [2.24, 2.45) is 7.05 Å². The lowest BCUT2D eigenvalue weighted by atomic mass is 10.2. The van der Waals surface area contributed by atoms with Gasteiger partial charge in [0.2, 0.25) is 0 Å². The molecule has 2 aromatic heterocycles. The van der Waals surface area contributed by atoms with Crippen molar-refractivity contribution in [3.63, 3.8) is 0 Å². The van der Waals surface area contributed by atoms with Gasteiger partial charge >= 0.3 is 0 Å². The summed E-state index contributed by atoms with van der Waals surface area (Å²) in [5, 5.41) is 7.31. The minimum Gasteiger partial charge on any atom is -0.384 e. The van der Waals surface area contributed by atoms with Crippen LogP contribution < -0.4 is 5.73 Å². The molecule has 5 heteroatoms. The van der Waals surface area contributed by atoms with Crippen LogP contribution in [0.3, 0.4) is 0 Å². The van der Waals surface area contributed by atoms with Gasteiger partial charge in [-0.25, -0.2) is 4.98 Å². The van der Waals surface area contributed by atoms with E-state index in [2.05, 4.69) is 10.1 Å². The third kappa shape index (κ3) is 1.50. The predicted molar refractivity (Wildman–Crippen MR) is 57.3 cm³/mol. The van der Waals surface area contributed by atoms with Gasteiger partial charge in [0.05, 0.1) is 10.7 Å². The lowest BCUT2D eigenvalue weighted by Gasteiger charge is -1.98. The molecule has 0 amide bonds. The smallest absolute Gasteiger partial charge is 0.125 e. The first-order valence-electron chi connectivity index (χ1n) is 4.35. The van der Waals surface area contributed by atoms with Gasteiger partial charge in [0.15, 0.2) is 0 Å². The van der Waals surface area contributed by atoms with Crippen molar-refractivity contribution in [2.75, 3.05) is 5.73 Å². The van der Waals surface area contributed by atoms with Gasteiger partial charge in [-0.1, -0.05) is 0 Å². The van der Waals surface area contributed by atoms with Gasteiger partial charge in [-0.2, -0.15) is 5.10 Å². The van der Waals surface area contributed by atoms with Gasteiger partial charge < -0.3 is 5.73 Å². The summed E-state index contributed by atoms with van der Waals surface area (Å²) in [6.07, 6.45) is 2.59. The quantitative estimate of drug-likeness (QED) is 0.810. The molecule has 0 aromatic carbocycles. The Morgan fingerprint density at radius 1 is 1.57 bits per heavy atom. The van der Waals surface area contributed by atoms with Crippen molar-refractivity contribution in [3.8, 4) is 0 Å². The minimum absolute atomic E-state index is 0.734. The molecular formula is C9H12N4S. The molecule has 74 valence electrons. The Hall–Kier alpha value is -1.36. The Balaban J connectivity index is 2.33. The van der Waals surface area contributed by atoms with Crippen molar-refractivity contribution in [1.82, 2.24) is 14.8 Å². The highest BCUT2D eigenvalue weighted by molar-refractivity contribution is 7.09. The Bertz CT molecular complexity index is 430. The number of hydrogen-bond acceptors (Lipinski definition) is 4. The normalized spacial score (nSPS) is 10.7. The highest BCUT2D eigenvalue weighted by atomic mass is 32.1. The number of hydrogen-bond donors (Lipinski definition) is 1. The van der Waals surface area contributed by atoms with Gasteiger partial charge in [0.25, 0.3) is 0 Å². The topological polar surface area (TPSA) is 56.7 Å². The Labute approximate surface area is 86.4 Å². The molecule has 2 N–H and O–H groups in total. The molecule has 0 spiro atoms. The van der Waals surface area contributed by atoms with Crippen molar-refractivity contribution < 1.29 is 0 Å². The van der Waals surface area contributed by atoms with E-state index in [0.29, 0.717) is 0 Å². The summed E-state index contributed by atoms with van der Waals surface area (Å²) in [5.74, 6) is 0.734. The van der Waals surface area contributed by atoms with E-state index < -0.39 is 0 Å². The van der Waals surface area contributed by atoms with Crippen LogP contribution in [-0.4, -0.2) is 14.8 Å². The molecule has 0 bridgehead atoms.